The molecule has 1 fully saturated rings. The van der Waals surface area contributed by atoms with Gasteiger partial charge in [-0.3, -0.25) is 9.69 Å². The van der Waals surface area contributed by atoms with Gasteiger partial charge in [0.15, 0.2) is 17.3 Å². The molecule has 0 bridgehead atoms. The third-order valence-corrected chi connectivity index (χ3v) is 6.13. The number of fused-ring (bicyclic) bond motifs is 1. The fraction of sp³-hybridized carbons (Fsp3) is 0.348. The van der Waals surface area contributed by atoms with E-state index >= 15 is 0 Å². The maximum atomic E-state index is 13.7. The van der Waals surface area contributed by atoms with E-state index < -0.39 is 5.92 Å². The van der Waals surface area contributed by atoms with Gasteiger partial charge in [-0.05, 0) is 32.5 Å². The summed E-state index contributed by atoms with van der Waals surface area (Å²) in [6.07, 6.45) is 6.52. The van der Waals surface area contributed by atoms with Gasteiger partial charge in [-0.1, -0.05) is 0 Å². The second kappa shape index (κ2) is 8.24. The molecule has 0 aliphatic carbocycles. The molecular weight excluding hydrogens is 444 g/mol. The third-order valence-electron chi connectivity index (χ3n) is 6.13. The number of aryl methyl sites for hydroxylation is 1. The fourth-order valence-electron chi connectivity index (χ4n) is 4.38. The van der Waals surface area contributed by atoms with Crippen LogP contribution in [-0.4, -0.2) is 60.6 Å². The second-order valence-electron chi connectivity index (χ2n) is 8.63. The number of anilines is 1. The Bertz CT molecular complexity index is 1370. The molecule has 176 valence electrons. The van der Waals surface area contributed by atoms with Crippen LogP contribution in [-0.2, 0) is 0 Å². The Morgan fingerprint density at radius 1 is 1.26 bits per heavy atom. The average Bonchev–Trinajstić information content (AvgIpc) is 3.51. The largest absolute Gasteiger partial charge is 0.443 e. The summed E-state index contributed by atoms with van der Waals surface area (Å²) in [5.41, 5.74) is 9.14. The number of alkyl halides is 2. The first kappa shape index (κ1) is 22.1. The van der Waals surface area contributed by atoms with Gasteiger partial charge in [0.25, 0.3) is 5.92 Å². The summed E-state index contributed by atoms with van der Waals surface area (Å²) in [7, 11) is 1.64. The lowest BCUT2D eigenvalue weighted by Gasteiger charge is -2.17. The van der Waals surface area contributed by atoms with E-state index in [0.29, 0.717) is 17.0 Å². The van der Waals surface area contributed by atoms with Crippen LogP contribution in [0.2, 0.25) is 0 Å². The number of nitrogens with zero attached hydrogens (tertiary/aromatic N) is 6. The first-order valence-electron chi connectivity index (χ1n) is 10.8. The van der Waals surface area contributed by atoms with Gasteiger partial charge >= 0.3 is 0 Å². The molecule has 0 spiro atoms. The lowest BCUT2D eigenvalue weighted by molar-refractivity contribution is 0.0139. The van der Waals surface area contributed by atoms with Gasteiger partial charge < -0.3 is 14.6 Å². The standard InChI is InChI=1S/C23H23F2N7O2/c1-13-10-28-17-6-3-14(11-32(13)17)18-20(22-27-7-8-34-22)30-21(26)19(29-18)16(33)5-4-15-9-23(24,25)12-31(15)2/h3,6-8,10-11,15H,4-5,9,12H2,1-2H3,(H2,26,30). The summed E-state index contributed by atoms with van der Waals surface area (Å²) < 4.78 is 34.7. The van der Waals surface area contributed by atoms with Crippen molar-refractivity contribution >= 4 is 17.2 Å². The molecule has 1 saturated heterocycles. The molecule has 34 heavy (non-hydrogen) atoms. The number of nitrogen functional groups attached to an aromatic ring is 1. The van der Waals surface area contributed by atoms with Crippen LogP contribution in [0.15, 0.2) is 41.4 Å². The number of rotatable bonds is 6. The molecule has 0 aromatic carbocycles. The number of Topliss-reactive ketones (excluding diaryl/α,β-unsaturated/α-hetero) is 1. The average molecular weight is 467 g/mol. The molecule has 5 rings (SSSR count). The summed E-state index contributed by atoms with van der Waals surface area (Å²) in [5, 5.41) is 0. The highest BCUT2D eigenvalue weighted by molar-refractivity contribution is 5.99. The number of hydrogen-bond acceptors (Lipinski definition) is 8. The van der Waals surface area contributed by atoms with Gasteiger partial charge in [-0.25, -0.2) is 28.7 Å². The van der Waals surface area contributed by atoms with Crippen LogP contribution in [0, 0.1) is 6.92 Å². The van der Waals surface area contributed by atoms with Crippen molar-refractivity contribution in [2.24, 2.45) is 0 Å². The lowest BCUT2D eigenvalue weighted by Crippen LogP contribution is -2.26. The van der Waals surface area contributed by atoms with Crippen molar-refractivity contribution in [2.75, 3.05) is 19.3 Å². The summed E-state index contributed by atoms with van der Waals surface area (Å²) in [5.74, 6) is -2.94. The van der Waals surface area contributed by atoms with Gasteiger partial charge in [0.1, 0.15) is 23.3 Å². The first-order chi connectivity index (χ1) is 16.2. The summed E-state index contributed by atoms with van der Waals surface area (Å²) in [6, 6.07) is 3.26. The van der Waals surface area contributed by atoms with Crippen molar-refractivity contribution in [3.8, 4) is 22.8 Å². The van der Waals surface area contributed by atoms with Crippen LogP contribution < -0.4 is 5.73 Å². The zero-order chi connectivity index (χ0) is 24.0. The fourth-order valence-corrected chi connectivity index (χ4v) is 4.38. The zero-order valence-corrected chi connectivity index (χ0v) is 18.7. The number of carbonyl (C=O) groups excluding carboxylic acids is 1. The lowest BCUT2D eigenvalue weighted by atomic mass is 10.0. The Balaban J connectivity index is 1.51. The van der Waals surface area contributed by atoms with E-state index in [4.69, 9.17) is 10.2 Å². The van der Waals surface area contributed by atoms with E-state index in [9.17, 15) is 13.6 Å². The molecule has 1 unspecified atom stereocenters. The van der Waals surface area contributed by atoms with E-state index in [1.54, 1.807) is 18.1 Å². The Kier molecular flexibility index (Phi) is 5.35. The number of imidazole rings is 1. The van der Waals surface area contributed by atoms with E-state index in [-0.39, 0.29) is 55.0 Å². The van der Waals surface area contributed by atoms with Gasteiger partial charge in [-0.2, -0.15) is 0 Å². The number of pyridine rings is 1. The van der Waals surface area contributed by atoms with Gasteiger partial charge in [-0.15, -0.1) is 0 Å². The maximum absolute atomic E-state index is 13.7. The van der Waals surface area contributed by atoms with E-state index in [1.165, 1.54) is 12.5 Å². The second-order valence-corrected chi connectivity index (χ2v) is 8.63. The minimum atomic E-state index is -2.74. The number of hydrogen-bond donors (Lipinski definition) is 1. The topological polar surface area (TPSA) is 115 Å². The van der Waals surface area contributed by atoms with Crippen LogP contribution in [0.1, 0.15) is 35.4 Å². The predicted octanol–water partition coefficient (Wildman–Crippen LogP) is 3.64. The normalized spacial score (nSPS) is 18.1. The predicted molar refractivity (Wildman–Crippen MR) is 120 cm³/mol. The van der Waals surface area contributed by atoms with E-state index in [1.807, 2.05) is 29.7 Å². The molecule has 4 aromatic heterocycles. The minimum Gasteiger partial charge on any atom is -0.443 e. The highest BCUT2D eigenvalue weighted by atomic mass is 19.3. The molecule has 1 aliphatic rings. The number of likely N-dealkylation sites (tertiary alicyclic amines) is 1. The monoisotopic (exact) mass is 467 g/mol. The molecular formula is C23H23F2N7O2. The Morgan fingerprint density at radius 2 is 2.09 bits per heavy atom. The van der Waals surface area contributed by atoms with Gasteiger partial charge in [0, 0.05) is 42.5 Å². The number of nitrogens with two attached hydrogens (primary N) is 1. The Morgan fingerprint density at radius 3 is 2.79 bits per heavy atom. The first-order valence-corrected chi connectivity index (χ1v) is 10.8. The molecule has 11 heteroatoms. The SMILES string of the molecule is Cc1cnc2ccc(-c3nc(C(=O)CCC4CC(F)(F)CN4C)c(N)nc3-c3ncco3)cn12. The quantitative estimate of drug-likeness (QED) is 0.428. The van der Waals surface area contributed by atoms with Crippen LogP contribution >= 0.6 is 0 Å². The molecule has 0 amide bonds. The molecule has 4 aromatic rings. The van der Waals surface area contributed by atoms with Crippen molar-refractivity contribution in [3.05, 3.63) is 48.4 Å². The number of aromatic nitrogens is 5. The van der Waals surface area contributed by atoms with Crippen LogP contribution in [0.4, 0.5) is 14.6 Å². The highest BCUT2D eigenvalue weighted by Crippen LogP contribution is 2.34. The maximum Gasteiger partial charge on any atom is 0.262 e. The van der Waals surface area contributed by atoms with Crippen molar-refractivity contribution < 1.29 is 18.0 Å². The minimum absolute atomic E-state index is 0.000154. The van der Waals surface area contributed by atoms with Crippen molar-refractivity contribution in [1.82, 2.24) is 29.2 Å². The van der Waals surface area contributed by atoms with Gasteiger partial charge in [0.05, 0.1) is 12.7 Å². The van der Waals surface area contributed by atoms with E-state index in [2.05, 4.69) is 19.9 Å². The smallest absolute Gasteiger partial charge is 0.262 e. The molecule has 1 aliphatic heterocycles. The number of carbonyl (C=O) groups is 1. The van der Waals surface area contributed by atoms with Crippen LogP contribution in [0.25, 0.3) is 28.5 Å². The summed E-state index contributed by atoms with van der Waals surface area (Å²) >= 11 is 0. The molecule has 2 N–H and O–H groups in total. The van der Waals surface area contributed by atoms with Crippen LogP contribution in [0.5, 0.6) is 0 Å². The Labute approximate surface area is 193 Å². The summed E-state index contributed by atoms with van der Waals surface area (Å²) in [4.78, 5) is 32.1. The zero-order valence-electron chi connectivity index (χ0n) is 18.7. The number of ketones is 1. The van der Waals surface area contributed by atoms with E-state index in [0.717, 1.165) is 11.3 Å². The Hall–Kier alpha value is -3.73. The molecule has 9 nitrogen and oxygen atoms in total. The summed E-state index contributed by atoms with van der Waals surface area (Å²) in [6.45, 7) is 1.62. The number of oxazole rings is 1. The third kappa shape index (κ3) is 4.03. The van der Waals surface area contributed by atoms with Crippen molar-refractivity contribution in [2.45, 2.75) is 38.2 Å². The molecule has 1 atom stereocenters. The van der Waals surface area contributed by atoms with Gasteiger partial charge in [0.2, 0.25) is 5.89 Å². The molecule has 0 saturated carbocycles. The number of halogens is 2. The van der Waals surface area contributed by atoms with Crippen LogP contribution in [0.3, 0.4) is 0 Å². The van der Waals surface area contributed by atoms with Crippen molar-refractivity contribution in [1.29, 1.82) is 0 Å². The van der Waals surface area contributed by atoms with Crippen molar-refractivity contribution in [3.63, 3.8) is 0 Å². The molecule has 0 radical (unpaired) electrons. The molecule has 5 heterocycles. The highest BCUT2D eigenvalue weighted by Gasteiger charge is 2.43.